The Hall–Kier alpha value is -3.20. The van der Waals surface area contributed by atoms with Crippen LogP contribution in [0, 0.1) is 12.7 Å². The minimum Gasteiger partial charge on any atom is -0.481 e. The van der Waals surface area contributed by atoms with Crippen molar-refractivity contribution in [3.8, 4) is 5.75 Å². The molecule has 0 radical (unpaired) electrons. The molecule has 1 atom stereocenters. The summed E-state index contributed by atoms with van der Waals surface area (Å²) < 4.78 is 29.1. The molecule has 0 aliphatic carbocycles. The maximum absolute atomic E-state index is 13.1. The number of hydrogen-bond donors (Lipinski definition) is 1. The molecule has 0 fully saturated rings. The lowest BCUT2D eigenvalue weighted by Crippen LogP contribution is -2.28. The summed E-state index contributed by atoms with van der Waals surface area (Å²) in [7, 11) is 0. The molecule has 1 N–H and O–H groups in total. The summed E-state index contributed by atoms with van der Waals surface area (Å²) in [6, 6.07) is 13.8. The topological polar surface area (TPSA) is 90.7 Å². The first kappa shape index (κ1) is 20.5. The van der Waals surface area contributed by atoms with Gasteiger partial charge >= 0.3 is 5.97 Å². The Morgan fingerprint density at radius 2 is 1.97 bits per heavy atom. The summed E-state index contributed by atoms with van der Waals surface area (Å²) in [5.74, 6) is -0.831. The van der Waals surface area contributed by atoms with Gasteiger partial charge in [-0.25, -0.2) is 9.18 Å². The first-order chi connectivity index (χ1) is 13.9. The number of aryl methyl sites for hydroxylation is 1. The van der Waals surface area contributed by atoms with Crippen molar-refractivity contribution >= 4 is 33.6 Å². The maximum atomic E-state index is 13.1. The Morgan fingerprint density at radius 3 is 2.62 bits per heavy atom. The van der Waals surface area contributed by atoms with Crippen molar-refractivity contribution in [3.05, 3.63) is 76.2 Å². The van der Waals surface area contributed by atoms with Crippen molar-refractivity contribution in [2.45, 2.75) is 13.0 Å². The first-order valence-corrected chi connectivity index (χ1v) is 9.28. The average Bonchev–Trinajstić information content (AvgIpc) is 3.10. The molecule has 0 saturated heterocycles. The normalized spacial score (nSPS) is 11.6. The van der Waals surface area contributed by atoms with Crippen LogP contribution in [-0.4, -0.2) is 23.6 Å². The molecule has 150 valence electrons. The number of amides is 1. The standard InChI is InChI=1S/C20H16BrFN2O5/c1-12-9-17(24-29-12)23-20(26)19(13-5-3-2-4-6-13)28-18(25)11-27-16-8-7-14(22)10-15(16)21/h2-10,19H,11H2,1H3,(H,23,24,26). The van der Waals surface area contributed by atoms with E-state index in [9.17, 15) is 14.0 Å². The van der Waals surface area contributed by atoms with Crippen molar-refractivity contribution in [2.75, 3.05) is 11.9 Å². The fourth-order valence-electron chi connectivity index (χ4n) is 2.41. The molecule has 3 rings (SSSR count). The number of esters is 1. The number of carbonyl (C=O) groups is 2. The second-order valence-corrected chi connectivity index (χ2v) is 6.81. The molecular formula is C20H16BrFN2O5. The highest BCUT2D eigenvalue weighted by Crippen LogP contribution is 2.26. The van der Waals surface area contributed by atoms with E-state index in [1.807, 2.05) is 0 Å². The van der Waals surface area contributed by atoms with Gasteiger partial charge in [-0.05, 0) is 41.1 Å². The van der Waals surface area contributed by atoms with Crippen molar-refractivity contribution in [3.63, 3.8) is 0 Å². The Balaban J connectivity index is 1.69. The zero-order valence-corrected chi connectivity index (χ0v) is 16.8. The van der Waals surface area contributed by atoms with Crippen LogP contribution in [0.1, 0.15) is 17.4 Å². The third-order valence-electron chi connectivity index (χ3n) is 3.71. The summed E-state index contributed by atoms with van der Waals surface area (Å²) in [4.78, 5) is 25.0. The predicted octanol–water partition coefficient (Wildman–Crippen LogP) is 4.19. The average molecular weight is 463 g/mol. The van der Waals surface area contributed by atoms with E-state index in [-0.39, 0.29) is 11.6 Å². The lowest BCUT2D eigenvalue weighted by atomic mass is 10.1. The fourth-order valence-corrected chi connectivity index (χ4v) is 2.88. The van der Waals surface area contributed by atoms with Crippen molar-refractivity contribution in [1.82, 2.24) is 5.16 Å². The van der Waals surface area contributed by atoms with Crippen molar-refractivity contribution in [1.29, 1.82) is 0 Å². The van der Waals surface area contributed by atoms with Crippen LogP contribution in [0.5, 0.6) is 5.75 Å². The second-order valence-electron chi connectivity index (χ2n) is 5.96. The van der Waals surface area contributed by atoms with Gasteiger partial charge in [-0.15, -0.1) is 0 Å². The van der Waals surface area contributed by atoms with Crippen LogP contribution in [0.15, 0.2) is 63.6 Å². The zero-order valence-electron chi connectivity index (χ0n) is 15.2. The zero-order chi connectivity index (χ0) is 20.8. The fraction of sp³-hybridized carbons (Fsp3) is 0.150. The van der Waals surface area contributed by atoms with E-state index in [0.29, 0.717) is 15.8 Å². The van der Waals surface area contributed by atoms with Crippen molar-refractivity contribution < 1.29 is 28.0 Å². The summed E-state index contributed by atoms with van der Waals surface area (Å²) in [6.07, 6.45) is -1.22. The molecule has 1 heterocycles. The number of hydrogen-bond acceptors (Lipinski definition) is 6. The molecule has 7 nitrogen and oxygen atoms in total. The Bertz CT molecular complexity index is 1010. The Kier molecular flexibility index (Phi) is 6.61. The molecule has 3 aromatic rings. The van der Waals surface area contributed by atoms with Gasteiger partial charge in [-0.3, -0.25) is 4.79 Å². The molecule has 29 heavy (non-hydrogen) atoms. The van der Waals surface area contributed by atoms with E-state index in [4.69, 9.17) is 14.0 Å². The van der Waals surface area contributed by atoms with Gasteiger partial charge in [0.25, 0.3) is 5.91 Å². The van der Waals surface area contributed by atoms with Crippen LogP contribution in [0.3, 0.4) is 0 Å². The number of halogens is 2. The number of ether oxygens (including phenoxy) is 2. The number of anilines is 1. The number of nitrogens with zero attached hydrogens (tertiary/aromatic N) is 1. The molecule has 0 bridgehead atoms. The molecule has 0 saturated carbocycles. The molecule has 1 amide bonds. The third-order valence-corrected chi connectivity index (χ3v) is 4.33. The Labute approximate surface area is 173 Å². The largest absolute Gasteiger partial charge is 0.481 e. The molecule has 1 unspecified atom stereocenters. The molecule has 1 aromatic heterocycles. The summed E-state index contributed by atoms with van der Waals surface area (Å²) in [6.45, 7) is 1.21. The van der Waals surface area contributed by atoms with E-state index in [2.05, 4.69) is 26.4 Å². The predicted molar refractivity (Wildman–Crippen MR) is 105 cm³/mol. The summed E-state index contributed by atoms with van der Waals surface area (Å²) >= 11 is 3.15. The van der Waals surface area contributed by atoms with Gasteiger partial charge in [0.1, 0.15) is 17.3 Å². The van der Waals surface area contributed by atoms with Gasteiger partial charge in [0.15, 0.2) is 12.4 Å². The molecular weight excluding hydrogens is 447 g/mol. The monoisotopic (exact) mass is 462 g/mol. The molecule has 2 aromatic carbocycles. The second kappa shape index (κ2) is 9.33. The van der Waals surface area contributed by atoms with E-state index in [1.165, 1.54) is 24.3 Å². The van der Waals surface area contributed by atoms with Gasteiger partial charge in [-0.2, -0.15) is 0 Å². The number of rotatable bonds is 7. The Morgan fingerprint density at radius 1 is 1.21 bits per heavy atom. The SMILES string of the molecule is Cc1cc(NC(=O)C(OC(=O)COc2ccc(F)cc2Br)c2ccccc2)no1. The lowest BCUT2D eigenvalue weighted by Gasteiger charge is -2.17. The molecule has 0 aliphatic rings. The lowest BCUT2D eigenvalue weighted by molar-refractivity contribution is -0.156. The van der Waals surface area contributed by atoms with Crippen LogP contribution in [0.25, 0.3) is 0 Å². The van der Waals surface area contributed by atoms with Gasteiger partial charge in [0.2, 0.25) is 6.10 Å². The van der Waals surface area contributed by atoms with E-state index >= 15 is 0 Å². The molecule has 9 heteroatoms. The first-order valence-electron chi connectivity index (χ1n) is 8.49. The number of benzene rings is 2. The maximum Gasteiger partial charge on any atom is 0.345 e. The van der Waals surface area contributed by atoms with Gasteiger partial charge in [0, 0.05) is 11.6 Å². The molecule has 0 aliphatic heterocycles. The smallest absolute Gasteiger partial charge is 0.345 e. The minimum atomic E-state index is -1.22. The number of carbonyl (C=O) groups excluding carboxylic acids is 2. The molecule has 0 spiro atoms. The van der Waals surface area contributed by atoms with E-state index < -0.39 is 30.4 Å². The number of nitrogens with one attached hydrogen (secondary N) is 1. The van der Waals surface area contributed by atoms with Crippen LogP contribution in [-0.2, 0) is 14.3 Å². The summed E-state index contributed by atoms with van der Waals surface area (Å²) in [5.41, 5.74) is 0.474. The van der Waals surface area contributed by atoms with Crippen LogP contribution < -0.4 is 10.1 Å². The van der Waals surface area contributed by atoms with Gasteiger partial charge in [-0.1, -0.05) is 35.5 Å². The quantitative estimate of drug-likeness (QED) is 0.529. The highest BCUT2D eigenvalue weighted by atomic mass is 79.9. The summed E-state index contributed by atoms with van der Waals surface area (Å²) in [5, 5.41) is 6.24. The van der Waals surface area contributed by atoms with Crippen LogP contribution in [0.4, 0.5) is 10.2 Å². The number of aromatic nitrogens is 1. The van der Waals surface area contributed by atoms with Gasteiger partial charge in [0.05, 0.1) is 4.47 Å². The highest BCUT2D eigenvalue weighted by molar-refractivity contribution is 9.10. The third kappa shape index (κ3) is 5.64. The van der Waals surface area contributed by atoms with E-state index in [0.717, 1.165) is 0 Å². The van der Waals surface area contributed by atoms with Crippen LogP contribution >= 0.6 is 15.9 Å². The highest BCUT2D eigenvalue weighted by Gasteiger charge is 2.26. The van der Waals surface area contributed by atoms with Gasteiger partial charge < -0.3 is 19.3 Å². The minimum absolute atomic E-state index is 0.205. The van der Waals surface area contributed by atoms with Crippen LogP contribution in [0.2, 0.25) is 0 Å². The van der Waals surface area contributed by atoms with Crippen molar-refractivity contribution in [2.24, 2.45) is 0 Å². The van der Waals surface area contributed by atoms with E-state index in [1.54, 1.807) is 37.3 Å².